The first-order chi connectivity index (χ1) is 8.63. The standard InChI is InChI=1S/C13H14N2O3/c1-4-17-13(16)11-9(3)18-15-12(11)10-5-8(2)6-14-7-10/h5-7H,4H2,1-3H3. The average molecular weight is 246 g/mol. The van der Waals surface area contributed by atoms with E-state index in [4.69, 9.17) is 9.26 Å². The Bertz CT molecular complexity index is 575. The SMILES string of the molecule is CCOC(=O)c1c(-c2cncc(C)c2)noc1C. The summed E-state index contributed by atoms with van der Waals surface area (Å²) >= 11 is 0. The predicted molar refractivity (Wildman–Crippen MR) is 65.2 cm³/mol. The fourth-order valence-electron chi connectivity index (χ4n) is 1.70. The van der Waals surface area contributed by atoms with Gasteiger partial charge in [-0.25, -0.2) is 4.79 Å². The molecular weight excluding hydrogens is 232 g/mol. The van der Waals surface area contributed by atoms with E-state index in [2.05, 4.69) is 10.1 Å². The van der Waals surface area contributed by atoms with Gasteiger partial charge < -0.3 is 9.26 Å². The minimum absolute atomic E-state index is 0.314. The van der Waals surface area contributed by atoms with E-state index in [1.165, 1.54) is 0 Å². The van der Waals surface area contributed by atoms with E-state index in [0.717, 1.165) is 11.1 Å². The van der Waals surface area contributed by atoms with Crippen LogP contribution in [0.15, 0.2) is 23.0 Å². The second-order valence-corrected chi connectivity index (χ2v) is 3.93. The Kier molecular flexibility index (Phi) is 3.41. The first-order valence-corrected chi connectivity index (χ1v) is 5.69. The Labute approximate surface area is 105 Å². The molecule has 18 heavy (non-hydrogen) atoms. The van der Waals surface area contributed by atoms with Crippen LogP contribution in [0.3, 0.4) is 0 Å². The Morgan fingerprint density at radius 1 is 1.39 bits per heavy atom. The topological polar surface area (TPSA) is 65.2 Å². The van der Waals surface area contributed by atoms with Gasteiger partial charge in [0.1, 0.15) is 17.0 Å². The highest BCUT2D eigenvalue weighted by molar-refractivity contribution is 5.97. The van der Waals surface area contributed by atoms with E-state index in [1.54, 1.807) is 26.2 Å². The molecule has 0 saturated heterocycles. The molecule has 5 heteroatoms. The van der Waals surface area contributed by atoms with Crippen molar-refractivity contribution in [1.29, 1.82) is 0 Å². The maximum atomic E-state index is 11.9. The molecule has 2 heterocycles. The summed E-state index contributed by atoms with van der Waals surface area (Å²) in [5, 5.41) is 3.91. The quantitative estimate of drug-likeness (QED) is 0.778. The first kappa shape index (κ1) is 12.3. The van der Waals surface area contributed by atoms with Gasteiger partial charge in [-0.05, 0) is 32.4 Å². The first-order valence-electron chi connectivity index (χ1n) is 5.69. The summed E-state index contributed by atoms with van der Waals surface area (Å²) in [6.45, 7) is 5.68. The number of aryl methyl sites for hydroxylation is 2. The van der Waals surface area contributed by atoms with Crippen molar-refractivity contribution in [2.24, 2.45) is 0 Å². The molecule has 0 aromatic carbocycles. The third-order valence-electron chi connectivity index (χ3n) is 2.49. The third-order valence-corrected chi connectivity index (χ3v) is 2.49. The lowest BCUT2D eigenvalue weighted by Crippen LogP contribution is -2.06. The third kappa shape index (κ3) is 2.25. The number of esters is 1. The van der Waals surface area contributed by atoms with Crippen LogP contribution in [0, 0.1) is 13.8 Å². The van der Waals surface area contributed by atoms with Crippen molar-refractivity contribution in [1.82, 2.24) is 10.1 Å². The molecule has 2 aromatic heterocycles. The van der Waals surface area contributed by atoms with E-state index < -0.39 is 5.97 Å². The lowest BCUT2D eigenvalue weighted by Gasteiger charge is -2.02. The van der Waals surface area contributed by atoms with Crippen molar-refractivity contribution in [2.45, 2.75) is 20.8 Å². The molecule has 0 unspecified atom stereocenters. The smallest absolute Gasteiger partial charge is 0.344 e. The highest BCUT2D eigenvalue weighted by Crippen LogP contribution is 2.25. The summed E-state index contributed by atoms with van der Waals surface area (Å²) < 4.78 is 10.1. The van der Waals surface area contributed by atoms with Crippen molar-refractivity contribution < 1.29 is 14.1 Å². The summed E-state index contributed by atoms with van der Waals surface area (Å²) in [7, 11) is 0. The summed E-state index contributed by atoms with van der Waals surface area (Å²) in [6.07, 6.45) is 3.38. The van der Waals surface area contributed by atoms with Gasteiger partial charge in [-0.2, -0.15) is 0 Å². The Morgan fingerprint density at radius 2 is 2.17 bits per heavy atom. The zero-order chi connectivity index (χ0) is 13.1. The summed E-state index contributed by atoms with van der Waals surface area (Å²) in [4.78, 5) is 15.9. The van der Waals surface area contributed by atoms with Crippen molar-refractivity contribution in [2.75, 3.05) is 6.61 Å². The highest BCUT2D eigenvalue weighted by atomic mass is 16.5. The molecule has 2 aromatic rings. The summed E-state index contributed by atoms with van der Waals surface area (Å²) in [5.41, 5.74) is 2.57. The van der Waals surface area contributed by atoms with E-state index in [1.807, 2.05) is 13.0 Å². The van der Waals surface area contributed by atoms with Crippen LogP contribution in [0.5, 0.6) is 0 Å². The number of rotatable bonds is 3. The van der Waals surface area contributed by atoms with Crippen LogP contribution in [0.1, 0.15) is 28.6 Å². The Morgan fingerprint density at radius 3 is 2.83 bits per heavy atom. The number of hydrogen-bond donors (Lipinski definition) is 0. The molecule has 2 rings (SSSR count). The van der Waals surface area contributed by atoms with Gasteiger partial charge in [-0.3, -0.25) is 4.98 Å². The van der Waals surface area contributed by atoms with Gasteiger partial charge in [0, 0.05) is 18.0 Å². The van der Waals surface area contributed by atoms with E-state index in [0.29, 0.717) is 23.6 Å². The largest absolute Gasteiger partial charge is 0.462 e. The minimum Gasteiger partial charge on any atom is -0.462 e. The lowest BCUT2D eigenvalue weighted by atomic mass is 10.1. The van der Waals surface area contributed by atoms with Crippen LogP contribution in [-0.4, -0.2) is 22.7 Å². The van der Waals surface area contributed by atoms with E-state index >= 15 is 0 Å². The van der Waals surface area contributed by atoms with Crippen LogP contribution in [0.4, 0.5) is 0 Å². The second kappa shape index (κ2) is 5.00. The van der Waals surface area contributed by atoms with Gasteiger partial charge in [-0.15, -0.1) is 0 Å². The molecule has 5 nitrogen and oxygen atoms in total. The summed E-state index contributed by atoms with van der Waals surface area (Å²) in [5.74, 6) is 0.0257. The molecule has 0 bridgehead atoms. The number of ether oxygens (including phenoxy) is 1. The van der Waals surface area contributed by atoms with Crippen LogP contribution in [0.25, 0.3) is 11.3 Å². The molecule has 0 amide bonds. The number of carbonyl (C=O) groups excluding carboxylic acids is 1. The van der Waals surface area contributed by atoms with Crippen molar-refractivity contribution >= 4 is 5.97 Å². The normalized spacial score (nSPS) is 10.4. The van der Waals surface area contributed by atoms with Gasteiger partial charge in [0.25, 0.3) is 0 Å². The molecule has 0 fully saturated rings. The zero-order valence-electron chi connectivity index (χ0n) is 10.6. The van der Waals surface area contributed by atoms with Gasteiger partial charge >= 0.3 is 5.97 Å². The van der Waals surface area contributed by atoms with Crippen LogP contribution >= 0.6 is 0 Å². The number of pyridine rings is 1. The number of aromatic nitrogens is 2. The monoisotopic (exact) mass is 246 g/mol. The molecule has 94 valence electrons. The molecule has 0 aliphatic heterocycles. The van der Waals surface area contributed by atoms with Gasteiger partial charge in [0.2, 0.25) is 0 Å². The number of carbonyl (C=O) groups is 1. The van der Waals surface area contributed by atoms with Gasteiger partial charge in [-0.1, -0.05) is 5.16 Å². The number of hydrogen-bond acceptors (Lipinski definition) is 5. The lowest BCUT2D eigenvalue weighted by molar-refractivity contribution is 0.0525. The van der Waals surface area contributed by atoms with Crippen LogP contribution in [0.2, 0.25) is 0 Å². The van der Waals surface area contributed by atoms with E-state index in [9.17, 15) is 4.79 Å². The fraction of sp³-hybridized carbons (Fsp3) is 0.308. The molecule has 0 saturated carbocycles. The van der Waals surface area contributed by atoms with Crippen molar-refractivity contribution in [3.05, 3.63) is 35.3 Å². The van der Waals surface area contributed by atoms with Crippen molar-refractivity contribution in [3.63, 3.8) is 0 Å². The molecule has 0 radical (unpaired) electrons. The van der Waals surface area contributed by atoms with E-state index in [-0.39, 0.29) is 0 Å². The highest BCUT2D eigenvalue weighted by Gasteiger charge is 2.22. The molecule has 0 N–H and O–H groups in total. The van der Waals surface area contributed by atoms with Crippen molar-refractivity contribution in [3.8, 4) is 11.3 Å². The maximum Gasteiger partial charge on any atom is 0.344 e. The van der Waals surface area contributed by atoms with Gasteiger partial charge in [0.05, 0.1) is 6.61 Å². The second-order valence-electron chi connectivity index (χ2n) is 3.93. The molecular formula is C13H14N2O3. The Hall–Kier alpha value is -2.17. The average Bonchev–Trinajstić information content (AvgIpc) is 2.71. The zero-order valence-corrected chi connectivity index (χ0v) is 10.6. The molecule has 0 spiro atoms. The Balaban J connectivity index is 2.49. The molecule has 0 aliphatic rings. The van der Waals surface area contributed by atoms with Gasteiger partial charge in [0.15, 0.2) is 0 Å². The maximum absolute atomic E-state index is 11.9. The predicted octanol–water partition coefficient (Wildman–Crippen LogP) is 2.53. The molecule has 0 aliphatic carbocycles. The summed E-state index contributed by atoms with van der Waals surface area (Å²) in [6, 6.07) is 1.90. The fourth-order valence-corrected chi connectivity index (χ4v) is 1.70. The molecule has 0 atom stereocenters. The minimum atomic E-state index is -0.423. The van der Waals surface area contributed by atoms with Crippen LogP contribution in [-0.2, 0) is 4.74 Å². The number of nitrogens with zero attached hydrogens (tertiary/aromatic N) is 2. The van der Waals surface area contributed by atoms with Crippen LogP contribution < -0.4 is 0 Å².